The number of halogens is 4. The van der Waals surface area contributed by atoms with Crippen LogP contribution in [0.4, 0.5) is 68.2 Å². The van der Waals surface area contributed by atoms with Crippen molar-refractivity contribution in [3.63, 3.8) is 0 Å². The van der Waals surface area contributed by atoms with Crippen molar-refractivity contribution in [3.8, 4) is 28.7 Å². The minimum atomic E-state index is -3.11. The fourth-order valence-electron chi connectivity index (χ4n) is 13.3. The smallest absolute Gasteiger partial charge is 0.505 e. The van der Waals surface area contributed by atoms with Crippen LogP contribution in [-0.4, -0.2) is 70.5 Å². The summed E-state index contributed by atoms with van der Waals surface area (Å²) in [5.74, 6) is -1.51. The number of para-hydroxylation sites is 1. The van der Waals surface area contributed by atoms with E-state index in [4.69, 9.17) is 76.4 Å². The fraction of sp³-hybridized carbons (Fsp3) is 0.0490. The van der Waals surface area contributed by atoms with Crippen molar-refractivity contribution in [2.24, 2.45) is 40.9 Å². The summed E-state index contributed by atoms with van der Waals surface area (Å²) >= 11 is 24.5. The first kappa shape index (κ1) is 100. The zero-order chi connectivity index (χ0) is 95.6. The van der Waals surface area contributed by atoms with Gasteiger partial charge in [0.15, 0.2) is 23.0 Å². The number of azo groups is 4. The van der Waals surface area contributed by atoms with E-state index >= 15 is 0 Å². The quantitative estimate of drug-likeness (QED) is 0.0225. The van der Waals surface area contributed by atoms with Crippen LogP contribution in [-0.2, 0) is 21.2 Å². The number of anilines is 4. The van der Waals surface area contributed by atoms with Crippen LogP contribution in [0.15, 0.2) is 363 Å². The number of amides is 3. The van der Waals surface area contributed by atoms with Gasteiger partial charge in [-0.1, -0.05) is 246 Å². The van der Waals surface area contributed by atoms with E-state index in [0.717, 1.165) is 60.1 Å². The molecule has 3 amide bonds. The molecule has 0 radical (unpaired) electrons. The van der Waals surface area contributed by atoms with Gasteiger partial charge in [-0.2, -0.15) is 33.5 Å². The van der Waals surface area contributed by atoms with Gasteiger partial charge >= 0.3 is 50.8 Å². The molecule has 17 aromatic carbocycles. The van der Waals surface area contributed by atoms with Crippen LogP contribution in [0.2, 0.25) is 20.1 Å². The summed E-state index contributed by atoms with van der Waals surface area (Å²) in [7, 11) is -4.68. The van der Waals surface area contributed by atoms with Crippen molar-refractivity contribution in [2.75, 3.05) is 28.4 Å². The van der Waals surface area contributed by atoms with Crippen molar-refractivity contribution < 1.29 is 94.4 Å². The molecule has 0 fully saturated rings. The number of hydrogen-bond acceptors (Lipinski definition) is 23. The molecule has 17 rings (SSSR count). The summed E-state index contributed by atoms with van der Waals surface area (Å²) < 4.78 is 55.9. The van der Waals surface area contributed by atoms with Crippen LogP contribution in [0, 0.1) is 33.8 Å². The van der Waals surface area contributed by atoms with Crippen molar-refractivity contribution in [2.45, 2.75) is 27.7 Å². The monoisotopic (exact) mass is 1920 g/mol. The number of methoxy groups -OCH3 is 1. The van der Waals surface area contributed by atoms with Gasteiger partial charge in [-0.3, -0.25) is 14.4 Å². The molecule has 0 aromatic heterocycles. The van der Waals surface area contributed by atoms with E-state index in [0.29, 0.717) is 98.8 Å². The maximum Gasteiger partial charge on any atom is 1.00 e. The second kappa shape index (κ2) is 47.7. The number of aryl methyl sites for hydroxylation is 4. The van der Waals surface area contributed by atoms with E-state index in [1.54, 1.807) is 97.1 Å². The Morgan fingerprint density at radius 3 is 1.13 bits per heavy atom. The van der Waals surface area contributed by atoms with Crippen molar-refractivity contribution in [3.05, 3.63) is 393 Å². The maximum atomic E-state index is 13.0. The summed E-state index contributed by atoms with van der Waals surface area (Å²) in [6.45, 7) is 11.9. The summed E-state index contributed by atoms with van der Waals surface area (Å²) in [5, 5.41) is 100. The number of phenolic OH excluding ortho intramolecular Hbond substituents is 4. The number of benzene rings is 17. The van der Waals surface area contributed by atoms with Crippen LogP contribution in [0.3, 0.4) is 0 Å². The van der Waals surface area contributed by atoms with Crippen LogP contribution in [0.1, 0.15) is 58.9 Å². The molecular formula is C102H77Cl4N12NaO14S2. The Labute approximate surface area is 819 Å². The standard InChI is InChI=1S/C28H21N3O2.C26H22ClN3O.C25H19ClN3O3.C23H15Cl2N3O2.Na.2O3S/c1-18-10-13-22(14-11-18)29-28(33)25-17-21-8-4-5-9-24(21)26(27(25)32)31-30-23-15-12-19-6-2-3-7-20(19)16-23;1-16-8-12-21(13-9-16)28-18(3)23-14-19-6-4-5-7-22(19)25(26(23)31)30-29-24-15-20(27)11-10-17(24)2;1-15-12-22(32-2)20(26)14-21(15)28-29-23-18-11-7-6-8-16(18)13-19(24(23)30)25(31)27-17-9-4-3-5-10-17;24-15-10-11-19(25)20(13-15)27-28-21-17-9-5-4-6-14(17)12-18(22(21)29)23(30)26-16-7-2-1-3-8-16;;2*1-4(2)3/h2-17,32H,1H3,(H,29,33);4-15,28,31H,3H2,1-2H3;4-14,30H,1-2H3,(H,27,31);1-13,29H,(H,26,30);;;/q;;-1;;+1;;. The Morgan fingerprint density at radius 2 is 0.681 bits per heavy atom. The first-order valence-corrected chi connectivity index (χ1v) is 43.8. The molecule has 0 saturated carbocycles. The molecule has 0 aliphatic carbocycles. The van der Waals surface area contributed by atoms with Gasteiger partial charge in [-0.15, -0.1) is 63.0 Å². The second-order valence-electron chi connectivity index (χ2n) is 29.3. The number of carbonyl (C=O) groups excluding carboxylic acids is 3. The number of nitrogens with zero attached hydrogens (tertiary/aromatic N) is 8. The number of aromatic hydroxyl groups is 4. The first-order valence-electron chi connectivity index (χ1n) is 40.3. The number of fused-ring (bicyclic) bond motifs is 5. The number of ether oxygens (including phenoxy) is 1. The molecule has 0 aliphatic rings. The fourth-order valence-corrected chi connectivity index (χ4v) is 14.1. The molecule has 0 saturated heterocycles. The van der Waals surface area contributed by atoms with Crippen molar-refractivity contribution in [1.29, 1.82) is 0 Å². The van der Waals surface area contributed by atoms with E-state index in [1.165, 1.54) is 12.7 Å². The average Bonchev–Trinajstić information content (AvgIpc) is 0.790. The predicted octanol–water partition coefficient (Wildman–Crippen LogP) is 25.5. The molecule has 670 valence electrons. The van der Waals surface area contributed by atoms with E-state index in [2.05, 4.69) is 74.8 Å². The SMILES string of the molecule is C=C(Nc1ccc(C)cc1)c1cc2ccccc2c(N=Nc2cc(Cl)ccc2C)c1O.COc1cc(C)c(N=Nc2c(O)c(C(=O)Nc3cc[c-]cc3)cc3ccccc23)cc1Cl.Cc1ccc(NC(=O)c2cc3ccccc3c(N=Nc3ccc4ccccc4c3)c2O)cc1.O=C(Nc1ccccc1)c1cc2ccccc2c(N=Nc2cc(Cl)ccc2Cl)c1O.O=S(=O)=O.O=S(=O)=O.[Na+]. The van der Waals surface area contributed by atoms with Gasteiger partial charge in [-0.05, 0) is 186 Å². The van der Waals surface area contributed by atoms with Crippen molar-refractivity contribution >= 4 is 213 Å². The van der Waals surface area contributed by atoms with Crippen LogP contribution in [0.5, 0.6) is 28.7 Å². The zero-order valence-corrected chi connectivity index (χ0v) is 79.2. The van der Waals surface area contributed by atoms with Gasteiger partial charge in [0, 0.05) is 59.9 Å². The summed E-state index contributed by atoms with van der Waals surface area (Å²) in [4.78, 5) is 38.7. The Hall–Kier alpha value is -15.2. The number of phenols is 4. The number of carbonyl (C=O) groups is 3. The Balaban J connectivity index is 0.000000168. The number of nitrogens with one attached hydrogen (secondary N) is 4. The van der Waals surface area contributed by atoms with Gasteiger partial charge in [0.1, 0.15) is 34.2 Å². The van der Waals surface area contributed by atoms with E-state index in [-0.39, 0.29) is 86.3 Å². The summed E-state index contributed by atoms with van der Waals surface area (Å²) in [5.41, 5.74) is 11.4. The maximum absolute atomic E-state index is 13.0. The molecule has 0 aliphatic heterocycles. The number of hydrogen-bond donors (Lipinski definition) is 8. The average molecular weight is 1920 g/mol. The minimum absolute atomic E-state index is 0. The van der Waals surface area contributed by atoms with E-state index < -0.39 is 38.9 Å². The van der Waals surface area contributed by atoms with Gasteiger partial charge in [0.2, 0.25) is 0 Å². The molecule has 0 atom stereocenters. The van der Waals surface area contributed by atoms with Crippen LogP contribution in [0.25, 0.3) is 59.6 Å². The molecule has 0 bridgehead atoms. The third-order valence-corrected chi connectivity index (χ3v) is 21.1. The second-order valence-corrected chi connectivity index (χ2v) is 31.8. The Kier molecular flexibility index (Phi) is 35.5. The molecule has 0 unspecified atom stereocenters. The van der Waals surface area contributed by atoms with Crippen LogP contribution >= 0.6 is 46.4 Å². The topological polar surface area (TPSA) is 391 Å². The Morgan fingerprint density at radius 1 is 0.333 bits per heavy atom. The molecular weight excluding hydrogens is 1850 g/mol. The van der Waals surface area contributed by atoms with Gasteiger partial charge in [0.05, 0.1) is 50.9 Å². The molecule has 135 heavy (non-hydrogen) atoms. The molecule has 8 N–H and O–H groups in total. The summed E-state index contributed by atoms with van der Waals surface area (Å²) in [6.07, 6.45) is 0. The van der Waals surface area contributed by atoms with Gasteiger partial charge < -0.3 is 46.4 Å². The van der Waals surface area contributed by atoms with E-state index in [1.807, 2.05) is 246 Å². The third-order valence-electron chi connectivity index (χ3n) is 20.0. The minimum Gasteiger partial charge on any atom is -0.505 e. The summed E-state index contributed by atoms with van der Waals surface area (Å²) in [6, 6.07) is 98.3. The van der Waals surface area contributed by atoms with Crippen molar-refractivity contribution in [1.82, 2.24) is 0 Å². The van der Waals surface area contributed by atoms with Gasteiger partial charge in [0.25, 0.3) is 17.7 Å². The largest absolute Gasteiger partial charge is 1.00 e. The van der Waals surface area contributed by atoms with E-state index in [9.17, 15) is 34.8 Å². The molecule has 26 nitrogen and oxygen atoms in total. The molecule has 0 spiro atoms. The molecule has 33 heteroatoms. The Bertz CT molecular complexity index is 7680. The first-order chi connectivity index (χ1) is 64.5. The zero-order valence-electron chi connectivity index (χ0n) is 72.5. The predicted molar refractivity (Wildman–Crippen MR) is 528 cm³/mol. The van der Waals surface area contributed by atoms with Crippen LogP contribution < -0.4 is 55.6 Å². The molecule has 0 heterocycles. The normalized spacial score (nSPS) is 10.8. The van der Waals surface area contributed by atoms with Gasteiger partial charge in [-0.25, -0.2) is 0 Å². The molecule has 17 aromatic rings. The number of rotatable bonds is 18. The third kappa shape index (κ3) is 27.0.